The van der Waals surface area contributed by atoms with Gasteiger partial charge in [-0.3, -0.25) is 9.59 Å². The van der Waals surface area contributed by atoms with E-state index in [1.54, 1.807) is 10.8 Å². The zero-order valence-electron chi connectivity index (χ0n) is 16.0. The summed E-state index contributed by atoms with van der Waals surface area (Å²) in [5.74, 6) is 0.244. The molecule has 1 rings (SSSR count). The van der Waals surface area contributed by atoms with E-state index in [0.29, 0.717) is 6.42 Å². The van der Waals surface area contributed by atoms with Crippen LogP contribution in [0.25, 0.3) is 0 Å². The first kappa shape index (κ1) is 21.0. The van der Waals surface area contributed by atoms with Gasteiger partial charge in [0.15, 0.2) is 5.44 Å². The molecule has 1 aliphatic rings. The molecule has 25 heavy (non-hydrogen) atoms. The highest BCUT2D eigenvalue weighted by molar-refractivity contribution is 8.76. The van der Waals surface area contributed by atoms with Crippen molar-refractivity contribution in [2.45, 2.75) is 51.8 Å². The van der Waals surface area contributed by atoms with E-state index in [1.165, 1.54) is 24.6 Å². The Morgan fingerprint density at radius 2 is 1.96 bits per heavy atom. The van der Waals surface area contributed by atoms with E-state index in [4.69, 9.17) is 15.6 Å². The third kappa shape index (κ3) is 8.28. The largest absolute Gasteiger partial charge is 0.463 e. The number of carbonyl (C=O) groups is 2. The van der Waals surface area contributed by atoms with Gasteiger partial charge in [0.25, 0.3) is 0 Å². The molecule has 6 atom stereocenters. The third-order valence-electron chi connectivity index (χ3n) is 4.00. The van der Waals surface area contributed by atoms with Gasteiger partial charge in [0, 0.05) is 26.9 Å². The van der Waals surface area contributed by atoms with Crippen LogP contribution in [0.2, 0.25) is 0 Å². The Morgan fingerprint density at radius 1 is 1.24 bits per heavy atom. The topological polar surface area (TPSA) is 61.8 Å². The number of thiol groups is 1. The number of hydrogen-bond donors (Lipinski definition) is 1. The molecule has 8 heteroatoms. The molecule has 0 saturated carbocycles. The molecule has 1 heterocycles. The molecule has 0 aromatic heterocycles. The van der Waals surface area contributed by atoms with Crippen LogP contribution in [0.4, 0.5) is 0 Å². The second kappa shape index (κ2) is 12.1. The highest BCUT2D eigenvalue weighted by Gasteiger charge is 2.44. The van der Waals surface area contributed by atoms with Crippen LogP contribution in [-0.2, 0) is 23.8 Å². The lowest BCUT2D eigenvalue weighted by atomic mass is 9.84. The van der Waals surface area contributed by atoms with Crippen LogP contribution in [0.3, 0.4) is 0 Å². The Labute approximate surface area is 165 Å². The van der Waals surface area contributed by atoms with Gasteiger partial charge in [-0.05, 0) is 18.1 Å². The Hall–Kier alpha value is -0.310. The maximum Gasteiger partial charge on any atom is 0.303 e. The van der Waals surface area contributed by atoms with Gasteiger partial charge in [-0.2, -0.15) is 12.6 Å². The third-order valence-corrected chi connectivity index (χ3v) is 6.63. The fraction of sp³-hybridized carbons (Fsp3) is 0.765. The first-order valence-electron chi connectivity index (χ1n) is 8.79. The summed E-state index contributed by atoms with van der Waals surface area (Å²) in [5, 5.41) is 0. The molecule has 1 saturated heterocycles. The summed E-state index contributed by atoms with van der Waals surface area (Å²) in [6, 6.07) is 0. The molecule has 0 bridgehead atoms. The second-order valence-corrected chi connectivity index (χ2v) is 8.78. The minimum absolute atomic E-state index is 0.0788. The molecular weight excluding hydrogens is 380 g/mol. The van der Waals surface area contributed by atoms with Crippen LogP contribution in [-0.4, -0.2) is 47.7 Å². The summed E-state index contributed by atoms with van der Waals surface area (Å²) < 4.78 is 24.1. The highest BCUT2D eigenvalue weighted by Crippen LogP contribution is 2.41. The molecule has 1 fully saturated rings. The number of esters is 2. The van der Waals surface area contributed by atoms with E-state index in [0.717, 1.165) is 5.75 Å². The number of ether oxygens (including phenoxy) is 3. The smallest absolute Gasteiger partial charge is 0.303 e. The van der Waals surface area contributed by atoms with Crippen molar-refractivity contribution in [3.05, 3.63) is 12.2 Å². The van der Waals surface area contributed by atoms with Crippen LogP contribution in [0.5, 0.6) is 0 Å². The summed E-state index contributed by atoms with van der Waals surface area (Å²) in [5.41, 5.74) is -0.735. The molecule has 144 valence electrons. The van der Waals surface area contributed by atoms with Gasteiger partial charge in [0.05, 0.1) is 6.10 Å². The molecule has 0 radical (unpaired) electrons. The minimum Gasteiger partial charge on any atom is -0.463 e. The predicted octanol–water partition coefficient (Wildman–Crippen LogP) is 3.74. The van der Waals surface area contributed by atoms with Gasteiger partial charge in [0.1, 0.15) is 12.7 Å². The SMILES string of the molecule is [3H]C(S)C/C=C\CSS[C@@H]1OC(COC(C)=O)[C@@H](C)[C@H](C)C1OC(C)=O. The zero-order valence-corrected chi connectivity index (χ0v) is 17.6. The van der Waals surface area contributed by atoms with E-state index in [-0.39, 0.29) is 48.0 Å². The van der Waals surface area contributed by atoms with Gasteiger partial charge in [-0.25, -0.2) is 0 Å². The van der Waals surface area contributed by atoms with Gasteiger partial charge in [-0.15, -0.1) is 0 Å². The van der Waals surface area contributed by atoms with Crippen molar-refractivity contribution in [2.24, 2.45) is 11.8 Å². The molecule has 3 unspecified atom stereocenters. The summed E-state index contributed by atoms with van der Waals surface area (Å²) in [6.45, 7) is 7.01. The Balaban J connectivity index is 2.66. The van der Waals surface area contributed by atoms with Gasteiger partial charge in [-0.1, -0.05) is 47.6 Å². The van der Waals surface area contributed by atoms with Gasteiger partial charge >= 0.3 is 11.9 Å². The van der Waals surface area contributed by atoms with E-state index in [1.807, 2.05) is 26.0 Å². The molecular formula is C17H28O5S3. The van der Waals surface area contributed by atoms with Crippen molar-refractivity contribution < 1.29 is 25.2 Å². The molecule has 1 aliphatic heterocycles. The van der Waals surface area contributed by atoms with Crippen LogP contribution < -0.4 is 0 Å². The van der Waals surface area contributed by atoms with Crippen molar-refractivity contribution in [3.63, 3.8) is 0 Å². The number of allylic oxidation sites excluding steroid dienone is 1. The fourth-order valence-corrected chi connectivity index (χ4v) is 4.94. The zero-order chi connectivity index (χ0) is 19.7. The normalized spacial score (nSPS) is 31.4. The Morgan fingerprint density at radius 3 is 2.56 bits per heavy atom. The molecule has 5 nitrogen and oxygen atoms in total. The van der Waals surface area contributed by atoms with Crippen molar-refractivity contribution in [2.75, 3.05) is 18.1 Å². The summed E-state index contributed by atoms with van der Waals surface area (Å²) in [7, 11) is 3.10. The van der Waals surface area contributed by atoms with E-state index >= 15 is 0 Å². The van der Waals surface area contributed by atoms with Crippen LogP contribution in [0, 0.1) is 11.8 Å². The first-order valence-corrected chi connectivity index (χ1v) is 11.1. The highest BCUT2D eigenvalue weighted by atomic mass is 33.1. The number of hydrogen-bond acceptors (Lipinski definition) is 8. The van der Waals surface area contributed by atoms with Crippen molar-refractivity contribution in [3.8, 4) is 0 Å². The maximum absolute atomic E-state index is 11.5. The Bertz CT molecular complexity index is 487. The fourth-order valence-electron chi connectivity index (χ4n) is 2.45. The summed E-state index contributed by atoms with van der Waals surface area (Å²) in [6.07, 6.45) is 3.93. The molecule has 0 aromatic rings. The molecule has 0 aromatic carbocycles. The van der Waals surface area contributed by atoms with Crippen LogP contribution >= 0.6 is 34.2 Å². The maximum atomic E-state index is 11.5. The number of rotatable bonds is 9. The van der Waals surface area contributed by atoms with Crippen LogP contribution in [0.1, 0.15) is 35.5 Å². The second-order valence-electron chi connectivity index (χ2n) is 5.91. The average molecular weight is 411 g/mol. The number of carbonyl (C=O) groups excluding carboxylic acids is 2. The molecule has 0 amide bonds. The van der Waals surface area contributed by atoms with Crippen LogP contribution in [0.15, 0.2) is 12.2 Å². The van der Waals surface area contributed by atoms with Crippen molar-refractivity contribution >= 4 is 46.2 Å². The lowest BCUT2D eigenvalue weighted by molar-refractivity contribution is -0.184. The standard InChI is InChI=1S/C17H28O5S3/c1-11-12(2)16(21-14(4)19)17(22-15(11)10-20-13(3)18)25-24-9-7-5-6-8-23/h5,7,11-12,15-17,23H,6,8-10H2,1-4H3/b7-5-/t11-,12-,15?,16?,17-/m0/s1/i8T/t8?,11-,12-,15?,16?,17-. The van der Waals surface area contributed by atoms with Gasteiger partial charge < -0.3 is 14.2 Å². The summed E-state index contributed by atoms with van der Waals surface area (Å²) in [4.78, 5) is 22.6. The predicted molar refractivity (Wildman–Crippen MR) is 107 cm³/mol. The average Bonchev–Trinajstić information content (AvgIpc) is 2.55. The first-order chi connectivity index (χ1) is 12.2. The lowest BCUT2D eigenvalue weighted by Gasteiger charge is -2.43. The summed E-state index contributed by atoms with van der Waals surface area (Å²) >= 11 is 4.01. The Kier molecular flexibility index (Phi) is 10.2. The van der Waals surface area contributed by atoms with E-state index < -0.39 is 5.73 Å². The molecule has 0 aliphatic carbocycles. The van der Waals surface area contributed by atoms with Gasteiger partial charge in [0.2, 0.25) is 0 Å². The molecule has 0 spiro atoms. The van der Waals surface area contributed by atoms with Crippen molar-refractivity contribution in [1.82, 2.24) is 0 Å². The lowest BCUT2D eigenvalue weighted by Crippen LogP contribution is -2.51. The monoisotopic (exact) mass is 410 g/mol. The quantitative estimate of drug-likeness (QED) is 0.204. The molecule has 0 N–H and O–H groups in total. The van der Waals surface area contributed by atoms with E-state index in [2.05, 4.69) is 12.6 Å². The van der Waals surface area contributed by atoms with E-state index in [9.17, 15) is 9.59 Å². The van der Waals surface area contributed by atoms with Crippen molar-refractivity contribution in [1.29, 1.82) is 0 Å². The minimum atomic E-state index is -0.400.